The Kier molecular flexibility index (Phi) is 7.65. The first kappa shape index (κ1) is 26.4. The van der Waals surface area contributed by atoms with Gasteiger partial charge in [-0.2, -0.15) is 0 Å². The molecule has 1 saturated heterocycles. The van der Waals surface area contributed by atoms with Crippen LogP contribution >= 0.6 is 11.3 Å². The molecule has 0 saturated carbocycles. The van der Waals surface area contributed by atoms with E-state index < -0.39 is 17.7 Å². The van der Waals surface area contributed by atoms with E-state index in [0.29, 0.717) is 46.5 Å². The number of nitrogens with zero attached hydrogens (tertiary/aromatic N) is 2. The smallest absolute Gasteiger partial charge is 0.301 e. The molecule has 3 aromatic carbocycles. The summed E-state index contributed by atoms with van der Waals surface area (Å²) in [7, 11) is 0. The monoisotopic (exact) mass is 542 g/mol. The van der Waals surface area contributed by atoms with Crippen LogP contribution in [-0.2, 0) is 9.59 Å². The summed E-state index contributed by atoms with van der Waals surface area (Å²) in [6.07, 6.45) is 1.91. The number of thiazole rings is 1. The number of aliphatic hydroxyl groups is 1. The van der Waals surface area contributed by atoms with Crippen molar-refractivity contribution in [2.24, 2.45) is 0 Å². The average Bonchev–Trinajstić information content (AvgIpc) is 3.47. The molecule has 4 aromatic rings. The fraction of sp³-hybridized carbons (Fsp3) is 0.258. The van der Waals surface area contributed by atoms with Crippen LogP contribution < -0.4 is 14.4 Å². The van der Waals surface area contributed by atoms with Crippen LogP contribution in [-0.4, -0.2) is 35.0 Å². The van der Waals surface area contributed by atoms with E-state index in [-0.39, 0.29) is 11.3 Å². The molecule has 5 rings (SSSR count). The van der Waals surface area contributed by atoms with Gasteiger partial charge in [-0.1, -0.05) is 66.6 Å². The van der Waals surface area contributed by atoms with Gasteiger partial charge in [-0.3, -0.25) is 14.5 Å². The van der Waals surface area contributed by atoms with Crippen LogP contribution in [0.15, 0.2) is 72.3 Å². The van der Waals surface area contributed by atoms with Crippen molar-refractivity contribution in [1.29, 1.82) is 0 Å². The molecule has 7 nitrogen and oxygen atoms in total. The summed E-state index contributed by atoms with van der Waals surface area (Å²) >= 11 is 1.30. The summed E-state index contributed by atoms with van der Waals surface area (Å²) < 4.78 is 12.4. The molecule has 0 bridgehead atoms. The van der Waals surface area contributed by atoms with Crippen LogP contribution in [0.2, 0.25) is 0 Å². The van der Waals surface area contributed by atoms with Gasteiger partial charge >= 0.3 is 5.91 Å². The van der Waals surface area contributed by atoms with E-state index in [4.69, 9.17) is 14.5 Å². The molecule has 1 N–H and O–H groups in total. The lowest BCUT2D eigenvalue weighted by atomic mass is 9.95. The number of hydrogen-bond donors (Lipinski definition) is 1. The Hall–Kier alpha value is -4.17. The molecular formula is C31H30N2O5S. The molecule has 1 atom stereocenters. The average molecular weight is 543 g/mol. The Morgan fingerprint density at radius 3 is 2.51 bits per heavy atom. The topological polar surface area (TPSA) is 89.0 Å². The Balaban J connectivity index is 1.65. The number of hydrogen-bond acceptors (Lipinski definition) is 7. The third-order valence-electron chi connectivity index (χ3n) is 6.58. The molecular weight excluding hydrogens is 512 g/mol. The number of Topliss-reactive ketones (excluding diaryl/α,β-unsaturated/α-hetero) is 1. The number of aliphatic hydroxyl groups excluding tert-OH is 1. The Labute approximate surface area is 231 Å². The van der Waals surface area contributed by atoms with E-state index in [2.05, 4.69) is 6.92 Å². The molecule has 1 aliphatic heterocycles. The molecule has 1 amide bonds. The highest BCUT2D eigenvalue weighted by Crippen LogP contribution is 2.45. The van der Waals surface area contributed by atoms with Crippen LogP contribution in [0.1, 0.15) is 49.4 Å². The molecule has 200 valence electrons. The zero-order valence-electron chi connectivity index (χ0n) is 22.1. The van der Waals surface area contributed by atoms with Crippen LogP contribution in [0, 0.1) is 6.92 Å². The van der Waals surface area contributed by atoms with Crippen molar-refractivity contribution in [3.8, 4) is 11.5 Å². The van der Waals surface area contributed by atoms with Gasteiger partial charge in [0.2, 0.25) is 0 Å². The molecule has 1 aromatic heterocycles. The van der Waals surface area contributed by atoms with Crippen molar-refractivity contribution in [2.45, 2.75) is 39.7 Å². The van der Waals surface area contributed by atoms with Gasteiger partial charge in [0.15, 0.2) is 5.13 Å². The Morgan fingerprint density at radius 2 is 1.77 bits per heavy atom. The first-order chi connectivity index (χ1) is 18.9. The van der Waals surface area contributed by atoms with E-state index in [1.165, 1.54) is 16.2 Å². The SMILES string of the molecule is CCCCOc1cccc(C2C(=C(O)c3ccc(C)cc3)C(=O)C(=O)N2c2nc3ccc(OCC)cc3s2)c1. The molecule has 39 heavy (non-hydrogen) atoms. The second-order valence-electron chi connectivity index (χ2n) is 9.37. The number of ether oxygens (including phenoxy) is 2. The lowest BCUT2D eigenvalue weighted by Crippen LogP contribution is -2.29. The second-order valence-corrected chi connectivity index (χ2v) is 10.4. The molecule has 0 spiro atoms. The summed E-state index contributed by atoms with van der Waals surface area (Å²) in [5.74, 6) is -0.389. The van der Waals surface area contributed by atoms with E-state index in [1.54, 1.807) is 12.1 Å². The van der Waals surface area contributed by atoms with Gasteiger partial charge in [0, 0.05) is 5.56 Å². The van der Waals surface area contributed by atoms with E-state index in [1.807, 2.05) is 68.4 Å². The van der Waals surface area contributed by atoms with Crippen molar-refractivity contribution in [3.63, 3.8) is 0 Å². The van der Waals surface area contributed by atoms with Gasteiger partial charge in [0.25, 0.3) is 5.78 Å². The van der Waals surface area contributed by atoms with Crippen LogP contribution in [0.4, 0.5) is 5.13 Å². The summed E-state index contributed by atoms with van der Waals surface area (Å²) in [5, 5.41) is 11.8. The number of unbranched alkanes of at least 4 members (excludes halogenated alkanes) is 1. The predicted molar refractivity (Wildman–Crippen MR) is 154 cm³/mol. The summed E-state index contributed by atoms with van der Waals surface area (Å²) in [6.45, 7) is 7.03. The number of rotatable bonds is 9. The number of benzene rings is 3. The van der Waals surface area contributed by atoms with Gasteiger partial charge in [0.1, 0.15) is 17.3 Å². The molecule has 2 heterocycles. The highest BCUT2D eigenvalue weighted by Gasteiger charge is 2.48. The summed E-state index contributed by atoms with van der Waals surface area (Å²) in [6, 6.07) is 19.2. The quantitative estimate of drug-likeness (QED) is 0.108. The maximum Gasteiger partial charge on any atom is 0.301 e. The molecule has 1 fully saturated rings. The lowest BCUT2D eigenvalue weighted by Gasteiger charge is -2.23. The molecule has 0 radical (unpaired) electrons. The number of fused-ring (bicyclic) bond motifs is 1. The van der Waals surface area contributed by atoms with Crippen LogP contribution in [0.3, 0.4) is 0 Å². The third kappa shape index (κ3) is 5.25. The fourth-order valence-electron chi connectivity index (χ4n) is 4.57. The number of ketones is 1. The number of aryl methyl sites for hydroxylation is 1. The van der Waals surface area contributed by atoms with Gasteiger partial charge in [0.05, 0.1) is 35.0 Å². The first-order valence-electron chi connectivity index (χ1n) is 13.1. The van der Waals surface area contributed by atoms with Crippen molar-refractivity contribution in [1.82, 2.24) is 4.98 Å². The van der Waals surface area contributed by atoms with Crippen molar-refractivity contribution < 1.29 is 24.2 Å². The third-order valence-corrected chi connectivity index (χ3v) is 7.59. The second kappa shape index (κ2) is 11.3. The fourth-order valence-corrected chi connectivity index (χ4v) is 5.59. The number of anilines is 1. The molecule has 0 aliphatic carbocycles. The normalized spacial score (nSPS) is 16.7. The summed E-state index contributed by atoms with van der Waals surface area (Å²) in [4.78, 5) is 33.2. The Morgan fingerprint density at radius 1 is 1.00 bits per heavy atom. The van der Waals surface area contributed by atoms with Crippen LogP contribution in [0.25, 0.3) is 16.0 Å². The van der Waals surface area contributed by atoms with Gasteiger partial charge in [-0.15, -0.1) is 0 Å². The maximum absolute atomic E-state index is 13.6. The van der Waals surface area contributed by atoms with Crippen LogP contribution in [0.5, 0.6) is 11.5 Å². The molecule has 1 aliphatic rings. The van der Waals surface area contributed by atoms with E-state index in [0.717, 1.165) is 23.1 Å². The first-order valence-corrected chi connectivity index (χ1v) is 13.9. The zero-order chi connectivity index (χ0) is 27.5. The van der Waals surface area contributed by atoms with E-state index >= 15 is 0 Å². The minimum absolute atomic E-state index is 0.0174. The Bertz CT molecular complexity index is 1560. The predicted octanol–water partition coefficient (Wildman–Crippen LogP) is 6.81. The lowest BCUT2D eigenvalue weighted by molar-refractivity contribution is -0.132. The highest BCUT2D eigenvalue weighted by atomic mass is 32.1. The number of amides is 1. The minimum Gasteiger partial charge on any atom is -0.507 e. The van der Waals surface area contributed by atoms with Gasteiger partial charge < -0.3 is 14.6 Å². The standard InChI is InChI=1S/C31H30N2O5S/c1-4-6-16-38-22-9-7-8-21(17-22)27-26(28(34)20-12-10-19(3)11-13-20)29(35)30(36)33(27)31-32-24-15-14-23(37-5-2)18-25(24)39-31/h7-15,17-18,27,34H,4-6,16H2,1-3H3. The number of aromatic nitrogens is 1. The van der Waals surface area contributed by atoms with Gasteiger partial charge in [-0.25, -0.2) is 4.98 Å². The number of carbonyl (C=O) groups excluding carboxylic acids is 2. The van der Waals surface area contributed by atoms with Crippen molar-refractivity contribution >= 4 is 44.1 Å². The maximum atomic E-state index is 13.6. The number of carbonyl (C=O) groups is 2. The zero-order valence-corrected chi connectivity index (χ0v) is 23.0. The molecule has 8 heteroatoms. The van der Waals surface area contributed by atoms with Crippen molar-refractivity contribution in [3.05, 3.63) is 89.0 Å². The van der Waals surface area contributed by atoms with Gasteiger partial charge in [-0.05, 0) is 56.2 Å². The summed E-state index contributed by atoms with van der Waals surface area (Å²) in [5.41, 5.74) is 2.83. The minimum atomic E-state index is -0.882. The highest BCUT2D eigenvalue weighted by molar-refractivity contribution is 7.22. The van der Waals surface area contributed by atoms with Crippen molar-refractivity contribution in [2.75, 3.05) is 18.1 Å². The molecule has 1 unspecified atom stereocenters. The largest absolute Gasteiger partial charge is 0.507 e. The van der Waals surface area contributed by atoms with E-state index in [9.17, 15) is 14.7 Å².